The molecule has 1 aromatic rings. The molecule has 0 bridgehead atoms. The zero-order valence-electron chi connectivity index (χ0n) is 10.4. The van der Waals surface area contributed by atoms with Gasteiger partial charge in [0.15, 0.2) is 0 Å². The molecule has 1 aromatic carbocycles. The summed E-state index contributed by atoms with van der Waals surface area (Å²) in [5.74, 6) is 0. The fourth-order valence-corrected chi connectivity index (χ4v) is 1.65. The van der Waals surface area contributed by atoms with Gasteiger partial charge in [0, 0.05) is 6.61 Å². The predicted octanol–water partition coefficient (Wildman–Crippen LogP) is 3.15. The molecule has 0 spiro atoms. The van der Waals surface area contributed by atoms with Gasteiger partial charge in [-0.2, -0.15) is 0 Å². The largest absolute Gasteiger partial charge is 0.379 e. The highest BCUT2D eigenvalue weighted by molar-refractivity contribution is 5.18. The summed E-state index contributed by atoms with van der Waals surface area (Å²) in [5, 5.41) is 3.45. The van der Waals surface area contributed by atoms with Crippen LogP contribution < -0.4 is 5.32 Å². The summed E-state index contributed by atoms with van der Waals surface area (Å²) in [6.07, 6.45) is 2.34. The van der Waals surface area contributed by atoms with Crippen LogP contribution in [0.15, 0.2) is 30.3 Å². The van der Waals surface area contributed by atoms with E-state index in [0.717, 1.165) is 26.2 Å². The lowest BCUT2D eigenvalue weighted by atomic mass is 10.1. The molecule has 1 unspecified atom stereocenters. The average Bonchev–Trinajstić information content (AvgIpc) is 2.34. The second-order valence-electron chi connectivity index (χ2n) is 3.95. The molecule has 0 saturated carbocycles. The van der Waals surface area contributed by atoms with E-state index in [1.165, 1.54) is 12.0 Å². The topological polar surface area (TPSA) is 21.3 Å². The van der Waals surface area contributed by atoms with Gasteiger partial charge in [-0.1, -0.05) is 50.6 Å². The number of unbranched alkanes of at least 4 members (excludes halogenated alkanes) is 1. The lowest BCUT2D eigenvalue weighted by Crippen LogP contribution is -2.25. The SMILES string of the molecule is CCCCOCC(NCC)c1ccccc1. The Labute approximate surface area is 99.0 Å². The standard InChI is InChI=1S/C14H23NO/c1-3-5-11-16-12-14(15-4-2)13-9-7-6-8-10-13/h6-10,14-15H,3-5,11-12H2,1-2H3. The molecule has 0 fully saturated rings. The minimum Gasteiger partial charge on any atom is -0.379 e. The highest BCUT2D eigenvalue weighted by Crippen LogP contribution is 2.12. The van der Waals surface area contributed by atoms with Gasteiger partial charge in [-0.3, -0.25) is 0 Å². The van der Waals surface area contributed by atoms with E-state index in [1.807, 2.05) is 6.07 Å². The van der Waals surface area contributed by atoms with Crippen molar-refractivity contribution in [3.05, 3.63) is 35.9 Å². The number of nitrogens with one attached hydrogen (secondary N) is 1. The van der Waals surface area contributed by atoms with Crippen LogP contribution in [-0.4, -0.2) is 19.8 Å². The third kappa shape index (κ3) is 4.77. The van der Waals surface area contributed by atoms with Gasteiger partial charge in [-0.05, 0) is 18.5 Å². The summed E-state index contributed by atoms with van der Waals surface area (Å²) in [4.78, 5) is 0. The lowest BCUT2D eigenvalue weighted by Gasteiger charge is -2.18. The maximum Gasteiger partial charge on any atom is 0.0661 e. The van der Waals surface area contributed by atoms with Gasteiger partial charge in [-0.25, -0.2) is 0 Å². The molecule has 1 atom stereocenters. The van der Waals surface area contributed by atoms with Gasteiger partial charge in [0.25, 0.3) is 0 Å². The molecule has 2 heteroatoms. The molecule has 0 heterocycles. The van der Waals surface area contributed by atoms with Gasteiger partial charge in [0.05, 0.1) is 12.6 Å². The Morgan fingerprint density at radius 1 is 1.19 bits per heavy atom. The molecule has 1 rings (SSSR count). The second-order valence-corrected chi connectivity index (χ2v) is 3.95. The van der Waals surface area contributed by atoms with Crippen molar-refractivity contribution >= 4 is 0 Å². The van der Waals surface area contributed by atoms with Crippen LogP contribution in [0.5, 0.6) is 0 Å². The first-order valence-corrected chi connectivity index (χ1v) is 6.24. The molecule has 1 N–H and O–H groups in total. The third-order valence-corrected chi connectivity index (χ3v) is 2.58. The first kappa shape index (κ1) is 13.2. The summed E-state index contributed by atoms with van der Waals surface area (Å²) >= 11 is 0. The first-order valence-electron chi connectivity index (χ1n) is 6.24. The molecule has 0 amide bonds. The highest BCUT2D eigenvalue weighted by Gasteiger charge is 2.09. The van der Waals surface area contributed by atoms with Crippen molar-refractivity contribution in [2.75, 3.05) is 19.8 Å². The maximum absolute atomic E-state index is 5.68. The summed E-state index contributed by atoms with van der Waals surface area (Å²) < 4.78 is 5.68. The molecule has 0 radical (unpaired) electrons. The Morgan fingerprint density at radius 2 is 1.94 bits per heavy atom. The molecule has 90 valence electrons. The maximum atomic E-state index is 5.68. The molecule has 0 aliphatic rings. The molecule has 0 aliphatic heterocycles. The molecule has 0 saturated heterocycles. The molecular weight excluding hydrogens is 198 g/mol. The number of likely N-dealkylation sites (N-methyl/N-ethyl adjacent to an activating group) is 1. The number of rotatable bonds is 8. The van der Waals surface area contributed by atoms with Crippen molar-refractivity contribution in [2.24, 2.45) is 0 Å². The van der Waals surface area contributed by atoms with Crippen molar-refractivity contribution in [3.8, 4) is 0 Å². The summed E-state index contributed by atoms with van der Waals surface area (Å²) in [5.41, 5.74) is 1.31. The van der Waals surface area contributed by atoms with Crippen LogP contribution in [0.1, 0.15) is 38.3 Å². The fraction of sp³-hybridized carbons (Fsp3) is 0.571. The lowest BCUT2D eigenvalue weighted by molar-refractivity contribution is 0.109. The van der Waals surface area contributed by atoms with E-state index in [9.17, 15) is 0 Å². The van der Waals surface area contributed by atoms with Crippen LogP contribution in [0.25, 0.3) is 0 Å². The highest BCUT2D eigenvalue weighted by atomic mass is 16.5. The van der Waals surface area contributed by atoms with Crippen LogP contribution in [0.3, 0.4) is 0 Å². The van der Waals surface area contributed by atoms with Gasteiger partial charge >= 0.3 is 0 Å². The summed E-state index contributed by atoms with van der Waals surface area (Å²) in [6.45, 7) is 6.91. The molecular formula is C14H23NO. The summed E-state index contributed by atoms with van der Waals surface area (Å²) in [6, 6.07) is 10.8. The smallest absolute Gasteiger partial charge is 0.0661 e. The third-order valence-electron chi connectivity index (χ3n) is 2.58. The fourth-order valence-electron chi connectivity index (χ4n) is 1.65. The Kier molecular flexibility index (Phi) is 6.86. The normalized spacial score (nSPS) is 12.6. The van der Waals surface area contributed by atoms with E-state index in [-0.39, 0.29) is 0 Å². The molecule has 2 nitrogen and oxygen atoms in total. The van der Waals surface area contributed by atoms with E-state index in [2.05, 4.69) is 43.4 Å². The summed E-state index contributed by atoms with van der Waals surface area (Å²) in [7, 11) is 0. The van der Waals surface area contributed by atoms with Crippen LogP contribution in [0.2, 0.25) is 0 Å². The van der Waals surface area contributed by atoms with Gasteiger partial charge < -0.3 is 10.1 Å². The van der Waals surface area contributed by atoms with Gasteiger partial charge in [-0.15, -0.1) is 0 Å². The van der Waals surface area contributed by atoms with Crippen LogP contribution >= 0.6 is 0 Å². The van der Waals surface area contributed by atoms with Crippen molar-refractivity contribution in [1.82, 2.24) is 5.32 Å². The van der Waals surface area contributed by atoms with Crippen molar-refractivity contribution in [1.29, 1.82) is 0 Å². The molecule has 0 aliphatic carbocycles. The van der Waals surface area contributed by atoms with E-state index in [0.29, 0.717) is 6.04 Å². The van der Waals surface area contributed by atoms with E-state index in [4.69, 9.17) is 4.74 Å². The minimum absolute atomic E-state index is 0.322. The monoisotopic (exact) mass is 221 g/mol. The minimum atomic E-state index is 0.322. The van der Waals surface area contributed by atoms with Crippen LogP contribution in [-0.2, 0) is 4.74 Å². The van der Waals surface area contributed by atoms with Gasteiger partial charge in [0.2, 0.25) is 0 Å². The van der Waals surface area contributed by atoms with E-state index >= 15 is 0 Å². The van der Waals surface area contributed by atoms with Crippen molar-refractivity contribution < 1.29 is 4.74 Å². The molecule has 0 aromatic heterocycles. The number of ether oxygens (including phenoxy) is 1. The second kappa shape index (κ2) is 8.31. The Bertz CT molecular complexity index is 261. The number of hydrogen-bond acceptors (Lipinski definition) is 2. The van der Waals surface area contributed by atoms with Crippen molar-refractivity contribution in [3.63, 3.8) is 0 Å². The predicted molar refractivity (Wildman–Crippen MR) is 68.6 cm³/mol. The van der Waals surface area contributed by atoms with Crippen molar-refractivity contribution in [2.45, 2.75) is 32.7 Å². The Morgan fingerprint density at radius 3 is 2.56 bits per heavy atom. The van der Waals surface area contributed by atoms with E-state index < -0.39 is 0 Å². The zero-order chi connectivity index (χ0) is 11.6. The zero-order valence-corrected chi connectivity index (χ0v) is 10.4. The number of benzene rings is 1. The quantitative estimate of drug-likeness (QED) is 0.681. The first-order chi connectivity index (χ1) is 7.88. The van der Waals surface area contributed by atoms with E-state index in [1.54, 1.807) is 0 Å². The van der Waals surface area contributed by atoms with Crippen LogP contribution in [0, 0.1) is 0 Å². The number of hydrogen-bond donors (Lipinski definition) is 1. The Hall–Kier alpha value is -0.860. The van der Waals surface area contributed by atoms with Gasteiger partial charge in [0.1, 0.15) is 0 Å². The average molecular weight is 221 g/mol. The molecule has 16 heavy (non-hydrogen) atoms. The Balaban J connectivity index is 2.41. The van der Waals surface area contributed by atoms with Crippen LogP contribution in [0.4, 0.5) is 0 Å².